The Hall–Kier alpha value is 0.160. The molecule has 1 atom stereocenters. The number of nitrogens with one attached hydrogen (secondary N) is 1. The monoisotopic (exact) mass is 353 g/mol. The van der Waals surface area contributed by atoms with E-state index < -0.39 is 0 Å². The van der Waals surface area contributed by atoms with Crippen molar-refractivity contribution in [1.29, 1.82) is 0 Å². The molecule has 0 aliphatic heterocycles. The maximum atomic E-state index is 6.12. The van der Waals surface area contributed by atoms with E-state index in [0.717, 1.165) is 21.6 Å². The molecular weight excluding hydrogens is 336 g/mol. The number of rotatable bonds is 6. The second-order valence-electron chi connectivity index (χ2n) is 3.64. The van der Waals surface area contributed by atoms with E-state index in [1.165, 1.54) is 5.56 Å². The average Bonchev–Trinajstić information content (AvgIpc) is 2.28. The van der Waals surface area contributed by atoms with Crippen LogP contribution in [0.4, 0.5) is 0 Å². The second-order valence-corrected chi connectivity index (χ2v) is 5.20. The normalized spacial score (nSPS) is 12.8. The maximum Gasteiger partial charge on any atom is 0.0657 e. The van der Waals surface area contributed by atoms with Gasteiger partial charge in [-0.05, 0) is 53.3 Å². The fraction of sp³-hybridized carbons (Fsp3) is 0.500. The van der Waals surface area contributed by atoms with Gasteiger partial charge in [-0.1, -0.05) is 24.6 Å². The zero-order chi connectivity index (χ0) is 12.0. The number of halogens is 2. The van der Waals surface area contributed by atoms with Crippen molar-refractivity contribution in [3.8, 4) is 0 Å². The lowest BCUT2D eigenvalue weighted by atomic mass is 10.1. The van der Waals surface area contributed by atoms with Crippen molar-refractivity contribution >= 4 is 34.2 Å². The van der Waals surface area contributed by atoms with E-state index in [1.807, 2.05) is 12.1 Å². The quantitative estimate of drug-likeness (QED) is 0.789. The molecule has 1 unspecified atom stereocenters. The third-order valence-electron chi connectivity index (χ3n) is 2.32. The van der Waals surface area contributed by atoms with Crippen molar-refractivity contribution in [3.63, 3.8) is 0 Å². The summed E-state index contributed by atoms with van der Waals surface area (Å²) in [5, 5.41) is 4.25. The molecule has 0 bridgehead atoms. The third-order valence-corrected chi connectivity index (χ3v) is 3.89. The van der Waals surface area contributed by atoms with Gasteiger partial charge in [-0.2, -0.15) is 0 Å². The molecule has 0 fully saturated rings. The van der Waals surface area contributed by atoms with Crippen LogP contribution in [0.2, 0.25) is 5.02 Å². The Bertz CT molecular complexity index is 333. The topological polar surface area (TPSA) is 21.3 Å². The molecule has 0 aromatic heterocycles. The van der Waals surface area contributed by atoms with Gasteiger partial charge in [0.2, 0.25) is 0 Å². The van der Waals surface area contributed by atoms with Gasteiger partial charge in [-0.15, -0.1) is 0 Å². The fourth-order valence-electron chi connectivity index (χ4n) is 1.49. The summed E-state index contributed by atoms with van der Waals surface area (Å²) in [5.41, 5.74) is 1.18. The molecule has 1 rings (SSSR count). The number of benzene rings is 1. The Morgan fingerprint density at radius 1 is 1.50 bits per heavy atom. The molecule has 90 valence electrons. The molecule has 0 saturated carbocycles. The van der Waals surface area contributed by atoms with E-state index in [1.54, 1.807) is 7.11 Å². The lowest BCUT2D eigenvalue weighted by molar-refractivity contribution is 0.167. The number of methoxy groups -OCH3 is 1. The molecule has 0 aliphatic rings. The van der Waals surface area contributed by atoms with E-state index in [4.69, 9.17) is 16.3 Å². The van der Waals surface area contributed by atoms with Gasteiger partial charge in [0.25, 0.3) is 0 Å². The first kappa shape index (κ1) is 14.2. The molecule has 0 saturated heterocycles. The van der Waals surface area contributed by atoms with Crippen LogP contribution < -0.4 is 5.32 Å². The highest BCUT2D eigenvalue weighted by Crippen LogP contribution is 2.23. The second kappa shape index (κ2) is 7.48. The Morgan fingerprint density at radius 2 is 2.25 bits per heavy atom. The van der Waals surface area contributed by atoms with Crippen LogP contribution in [-0.2, 0) is 4.74 Å². The predicted octanol–water partition coefficient (Wildman–Crippen LogP) is 3.63. The summed E-state index contributed by atoms with van der Waals surface area (Å²) >= 11 is 8.35. The largest absolute Gasteiger partial charge is 0.383 e. The Kier molecular flexibility index (Phi) is 6.65. The van der Waals surface area contributed by atoms with Gasteiger partial charge in [-0.25, -0.2) is 0 Å². The molecule has 1 aromatic carbocycles. The van der Waals surface area contributed by atoms with Crippen LogP contribution in [0.5, 0.6) is 0 Å². The molecule has 4 heteroatoms. The van der Waals surface area contributed by atoms with Gasteiger partial charge in [-0.3, -0.25) is 0 Å². The van der Waals surface area contributed by atoms with Crippen molar-refractivity contribution in [2.24, 2.45) is 0 Å². The molecule has 0 spiro atoms. The lowest BCUT2D eigenvalue weighted by Crippen LogP contribution is -2.25. The van der Waals surface area contributed by atoms with Gasteiger partial charge >= 0.3 is 0 Å². The van der Waals surface area contributed by atoms with Crippen LogP contribution in [0.15, 0.2) is 18.2 Å². The number of hydrogen-bond acceptors (Lipinski definition) is 2. The van der Waals surface area contributed by atoms with Crippen LogP contribution in [0.3, 0.4) is 0 Å². The third kappa shape index (κ3) is 4.20. The van der Waals surface area contributed by atoms with Crippen LogP contribution in [0.25, 0.3) is 0 Å². The molecule has 0 heterocycles. The summed E-state index contributed by atoms with van der Waals surface area (Å²) in [4.78, 5) is 0. The molecule has 1 aromatic rings. The molecule has 1 N–H and O–H groups in total. The highest BCUT2D eigenvalue weighted by atomic mass is 127. The van der Waals surface area contributed by atoms with E-state index in [-0.39, 0.29) is 6.04 Å². The lowest BCUT2D eigenvalue weighted by Gasteiger charge is -2.18. The Morgan fingerprint density at radius 3 is 2.81 bits per heavy atom. The van der Waals surface area contributed by atoms with Gasteiger partial charge in [0.05, 0.1) is 17.7 Å². The van der Waals surface area contributed by atoms with Crippen molar-refractivity contribution in [3.05, 3.63) is 32.4 Å². The van der Waals surface area contributed by atoms with Gasteiger partial charge in [0.15, 0.2) is 0 Å². The Balaban J connectivity index is 2.78. The summed E-state index contributed by atoms with van der Waals surface area (Å²) in [7, 11) is 1.72. The van der Waals surface area contributed by atoms with E-state index in [9.17, 15) is 0 Å². The fourth-order valence-corrected chi connectivity index (χ4v) is 2.01. The van der Waals surface area contributed by atoms with Crippen LogP contribution >= 0.6 is 34.2 Å². The maximum absolute atomic E-state index is 6.12. The van der Waals surface area contributed by atoms with Crippen LogP contribution in [0.1, 0.15) is 24.9 Å². The molecule has 0 radical (unpaired) electrons. The predicted molar refractivity (Wildman–Crippen MR) is 77.1 cm³/mol. The summed E-state index contributed by atoms with van der Waals surface area (Å²) in [6.07, 6.45) is 1.11. The van der Waals surface area contributed by atoms with E-state index in [2.05, 4.69) is 40.9 Å². The molecule has 2 nitrogen and oxygen atoms in total. The highest BCUT2D eigenvalue weighted by molar-refractivity contribution is 14.1. The number of ether oxygens (including phenoxy) is 1. The zero-order valence-corrected chi connectivity index (χ0v) is 12.5. The molecule has 0 amide bonds. The van der Waals surface area contributed by atoms with E-state index >= 15 is 0 Å². The van der Waals surface area contributed by atoms with Gasteiger partial charge in [0, 0.05) is 10.7 Å². The first-order valence-corrected chi connectivity index (χ1v) is 6.82. The van der Waals surface area contributed by atoms with Crippen molar-refractivity contribution in [2.75, 3.05) is 20.3 Å². The Labute approximate surface area is 116 Å². The molecular formula is C12H17ClINO. The first-order chi connectivity index (χ1) is 7.69. The summed E-state index contributed by atoms with van der Waals surface area (Å²) in [6, 6.07) is 6.36. The highest BCUT2D eigenvalue weighted by Gasteiger charge is 2.11. The summed E-state index contributed by atoms with van der Waals surface area (Å²) < 4.78 is 6.30. The minimum atomic E-state index is 0.222. The van der Waals surface area contributed by atoms with Crippen LogP contribution in [-0.4, -0.2) is 20.3 Å². The van der Waals surface area contributed by atoms with E-state index in [0.29, 0.717) is 6.61 Å². The first-order valence-electron chi connectivity index (χ1n) is 5.36. The average molecular weight is 354 g/mol. The minimum Gasteiger partial charge on any atom is -0.383 e. The van der Waals surface area contributed by atoms with Crippen LogP contribution in [0, 0.1) is 3.57 Å². The zero-order valence-electron chi connectivity index (χ0n) is 9.59. The van der Waals surface area contributed by atoms with Gasteiger partial charge in [0.1, 0.15) is 0 Å². The smallest absolute Gasteiger partial charge is 0.0657 e. The molecule has 16 heavy (non-hydrogen) atoms. The minimum absolute atomic E-state index is 0.222. The SMILES string of the molecule is CCCNC(COC)c1ccc(I)c(Cl)c1. The molecule has 0 aliphatic carbocycles. The van der Waals surface area contributed by atoms with Crippen molar-refractivity contribution in [2.45, 2.75) is 19.4 Å². The van der Waals surface area contributed by atoms with Crippen molar-refractivity contribution < 1.29 is 4.74 Å². The van der Waals surface area contributed by atoms with Gasteiger partial charge < -0.3 is 10.1 Å². The summed E-state index contributed by atoms with van der Waals surface area (Å²) in [6.45, 7) is 3.80. The standard InChI is InChI=1S/C12H17ClINO/c1-3-6-15-12(8-16-2)9-4-5-11(14)10(13)7-9/h4-5,7,12,15H,3,6,8H2,1-2H3. The van der Waals surface area contributed by atoms with Crippen molar-refractivity contribution in [1.82, 2.24) is 5.32 Å². The summed E-state index contributed by atoms with van der Waals surface area (Å²) in [5.74, 6) is 0. The number of hydrogen-bond donors (Lipinski definition) is 1.